The quantitative estimate of drug-likeness (QED) is 0.418. The zero-order chi connectivity index (χ0) is 27.0. The minimum atomic E-state index is -1.04. The molecular formula is C25H34Cl2N4O6. The molecule has 204 valence electrons. The van der Waals surface area contributed by atoms with Crippen molar-refractivity contribution in [3.63, 3.8) is 0 Å². The maximum absolute atomic E-state index is 13.3. The molecule has 2 saturated heterocycles. The number of nitrogens with zero attached hydrogens (tertiary/aromatic N) is 3. The smallest absolute Gasteiger partial charge is 0.410 e. The van der Waals surface area contributed by atoms with Crippen molar-refractivity contribution >= 4 is 29.3 Å². The average Bonchev–Trinajstić information content (AvgIpc) is 3.47. The Kier molecular flexibility index (Phi) is 8.27. The standard InChI is InChI=1S/C25H34Cl2N4O6/c1-24(2,3)37-23(33)31-11-15(8-20(32)30-12-25(34,13-30)16-9-28-29-10-16)7-18(31)21-19(36-14-35-4)6-5-17(26)22(21)27/h5-6,9-10,15,18,20,32,34H,7-8,11-14H2,1-4H3,(H,28,29)/t15-,18+,20?/m0/s1. The average molecular weight is 557 g/mol. The Bertz CT molecular complexity index is 1090. The van der Waals surface area contributed by atoms with Crippen LogP contribution in [0.15, 0.2) is 24.5 Å². The molecule has 0 spiro atoms. The number of amides is 1. The second kappa shape index (κ2) is 11.0. The van der Waals surface area contributed by atoms with Crippen molar-refractivity contribution in [2.75, 3.05) is 33.5 Å². The lowest BCUT2D eigenvalue weighted by Gasteiger charge is -2.48. The fourth-order valence-electron chi connectivity index (χ4n) is 4.97. The van der Waals surface area contributed by atoms with Gasteiger partial charge in [0.15, 0.2) is 6.79 Å². The van der Waals surface area contributed by atoms with E-state index in [9.17, 15) is 15.0 Å². The number of halogens is 2. The van der Waals surface area contributed by atoms with Crippen molar-refractivity contribution in [1.29, 1.82) is 0 Å². The monoisotopic (exact) mass is 556 g/mol. The van der Waals surface area contributed by atoms with Crippen LogP contribution in [0.1, 0.15) is 50.8 Å². The van der Waals surface area contributed by atoms with Crippen LogP contribution in [0.2, 0.25) is 10.0 Å². The van der Waals surface area contributed by atoms with Crippen molar-refractivity contribution in [3.8, 4) is 5.75 Å². The number of hydrogen-bond donors (Lipinski definition) is 3. The number of methoxy groups -OCH3 is 1. The van der Waals surface area contributed by atoms with Crippen LogP contribution < -0.4 is 4.74 Å². The van der Waals surface area contributed by atoms with Gasteiger partial charge >= 0.3 is 6.09 Å². The summed E-state index contributed by atoms with van der Waals surface area (Å²) in [5, 5.41) is 29.0. The maximum Gasteiger partial charge on any atom is 0.410 e. The van der Waals surface area contributed by atoms with Gasteiger partial charge in [-0.2, -0.15) is 5.10 Å². The van der Waals surface area contributed by atoms with E-state index in [0.717, 1.165) is 0 Å². The summed E-state index contributed by atoms with van der Waals surface area (Å²) < 4.78 is 16.5. The van der Waals surface area contributed by atoms with Gasteiger partial charge in [0.2, 0.25) is 0 Å². The predicted molar refractivity (Wildman–Crippen MR) is 137 cm³/mol. The molecule has 0 saturated carbocycles. The first-order valence-electron chi connectivity index (χ1n) is 12.1. The summed E-state index contributed by atoms with van der Waals surface area (Å²) in [5.74, 6) is 0.393. The van der Waals surface area contributed by atoms with Crippen LogP contribution in [-0.4, -0.2) is 81.7 Å². The topological polar surface area (TPSA) is 120 Å². The molecule has 1 amide bonds. The molecule has 4 rings (SSSR count). The Hall–Kier alpha value is -2.08. The number of carbonyl (C=O) groups is 1. The fourth-order valence-corrected chi connectivity index (χ4v) is 5.42. The van der Waals surface area contributed by atoms with Gasteiger partial charge in [-0.05, 0) is 51.7 Å². The number of H-pyrrole nitrogens is 1. The van der Waals surface area contributed by atoms with Crippen molar-refractivity contribution < 1.29 is 29.2 Å². The van der Waals surface area contributed by atoms with Gasteiger partial charge < -0.3 is 29.3 Å². The number of carbonyl (C=O) groups excluding carboxylic acids is 1. The molecule has 2 aliphatic heterocycles. The zero-order valence-electron chi connectivity index (χ0n) is 21.4. The van der Waals surface area contributed by atoms with Gasteiger partial charge in [-0.3, -0.25) is 10.00 Å². The van der Waals surface area contributed by atoms with E-state index in [1.165, 1.54) is 7.11 Å². The Morgan fingerprint density at radius 3 is 2.68 bits per heavy atom. The highest BCUT2D eigenvalue weighted by molar-refractivity contribution is 6.42. The van der Waals surface area contributed by atoms with E-state index in [1.807, 2.05) is 20.8 Å². The van der Waals surface area contributed by atoms with Crippen LogP contribution in [0, 0.1) is 5.92 Å². The van der Waals surface area contributed by atoms with E-state index >= 15 is 0 Å². The Morgan fingerprint density at radius 2 is 2.05 bits per heavy atom. The van der Waals surface area contributed by atoms with E-state index < -0.39 is 29.6 Å². The van der Waals surface area contributed by atoms with E-state index in [1.54, 1.807) is 34.3 Å². The number of hydrogen-bond acceptors (Lipinski definition) is 8. The van der Waals surface area contributed by atoms with Crippen LogP contribution in [-0.2, 0) is 15.1 Å². The SMILES string of the molecule is COCOc1ccc(Cl)c(Cl)c1[C@H]1C[C@@H](CC(O)N2CC(O)(c3cn[nH]c3)C2)CN1C(=O)OC(C)(C)C. The largest absolute Gasteiger partial charge is 0.467 e. The second-order valence-corrected chi connectivity index (χ2v) is 11.5. The number of aromatic nitrogens is 2. The third kappa shape index (κ3) is 6.16. The summed E-state index contributed by atoms with van der Waals surface area (Å²) in [6, 6.07) is 2.86. The van der Waals surface area contributed by atoms with Gasteiger partial charge in [0.1, 0.15) is 23.2 Å². The number of aromatic amines is 1. The highest BCUT2D eigenvalue weighted by Gasteiger charge is 2.47. The minimum Gasteiger partial charge on any atom is -0.467 e. The molecule has 12 heteroatoms. The Balaban J connectivity index is 1.53. The first kappa shape index (κ1) is 27.9. The van der Waals surface area contributed by atoms with Gasteiger partial charge in [-0.15, -0.1) is 0 Å². The van der Waals surface area contributed by atoms with Crippen molar-refractivity contribution in [3.05, 3.63) is 45.7 Å². The van der Waals surface area contributed by atoms with Crippen LogP contribution in [0.25, 0.3) is 0 Å². The molecular weight excluding hydrogens is 523 g/mol. The molecule has 2 aromatic rings. The number of nitrogens with one attached hydrogen (secondary N) is 1. The third-order valence-electron chi connectivity index (χ3n) is 6.70. The van der Waals surface area contributed by atoms with E-state index in [0.29, 0.717) is 46.3 Å². The lowest BCUT2D eigenvalue weighted by molar-refractivity contribution is -0.169. The molecule has 2 fully saturated rings. The molecule has 10 nitrogen and oxygen atoms in total. The van der Waals surface area contributed by atoms with E-state index in [4.69, 9.17) is 37.4 Å². The molecule has 1 unspecified atom stereocenters. The number of benzene rings is 1. The minimum absolute atomic E-state index is 0.000788. The molecule has 1 aromatic carbocycles. The molecule has 2 aliphatic rings. The fraction of sp³-hybridized carbons (Fsp3) is 0.600. The molecule has 3 heterocycles. The zero-order valence-corrected chi connectivity index (χ0v) is 22.9. The van der Waals surface area contributed by atoms with E-state index in [2.05, 4.69) is 10.2 Å². The number of rotatable bonds is 8. The Morgan fingerprint density at radius 1 is 1.32 bits per heavy atom. The number of likely N-dealkylation sites (tertiary alicyclic amines) is 2. The molecule has 0 aliphatic carbocycles. The van der Waals surface area contributed by atoms with Crippen LogP contribution in [0.3, 0.4) is 0 Å². The normalized spacial score (nSPS) is 22.5. The molecule has 1 aromatic heterocycles. The molecule has 37 heavy (non-hydrogen) atoms. The summed E-state index contributed by atoms with van der Waals surface area (Å²) in [7, 11) is 1.51. The highest BCUT2D eigenvalue weighted by atomic mass is 35.5. The number of aliphatic hydroxyl groups excluding tert-OH is 1. The van der Waals surface area contributed by atoms with Crippen LogP contribution in [0.5, 0.6) is 5.75 Å². The predicted octanol–water partition coefficient (Wildman–Crippen LogP) is 3.91. The summed E-state index contributed by atoms with van der Waals surface area (Å²) in [6.45, 7) is 6.35. The van der Waals surface area contributed by atoms with E-state index in [-0.39, 0.29) is 25.8 Å². The van der Waals surface area contributed by atoms with Crippen molar-refractivity contribution in [2.24, 2.45) is 5.92 Å². The lowest BCUT2D eigenvalue weighted by atomic mass is 9.87. The van der Waals surface area contributed by atoms with Crippen LogP contribution >= 0.6 is 23.2 Å². The highest BCUT2D eigenvalue weighted by Crippen LogP contribution is 2.47. The van der Waals surface area contributed by atoms with Crippen LogP contribution in [0.4, 0.5) is 4.79 Å². The number of β-amino-alcohol motifs (C(OH)–C–C–N with tert-alkyl or cyclic N) is 1. The van der Waals surface area contributed by atoms with Gasteiger partial charge in [-0.25, -0.2) is 4.79 Å². The first-order chi connectivity index (χ1) is 17.4. The molecule has 0 bridgehead atoms. The number of ether oxygens (including phenoxy) is 3. The molecule has 0 radical (unpaired) electrons. The summed E-state index contributed by atoms with van der Waals surface area (Å²) in [4.78, 5) is 16.7. The van der Waals surface area contributed by atoms with Gasteiger partial charge in [0.25, 0.3) is 0 Å². The summed E-state index contributed by atoms with van der Waals surface area (Å²) >= 11 is 13.0. The Labute approximate surface area is 226 Å². The maximum atomic E-state index is 13.3. The molecule has 3 atom stereocenters. The third-order valence-corrected chi connectivity index (χ3v) is 7.52. The first-order valence-corrected chi connectivity index (χ1v) is 12.9. The van der Waals surface area contributed by atoms with Gasteiger partial charge in [-0.1, -0.05) is 23.2 Å². The van der Waals surface area contributed by atoms with Crippen molar-refractivity contribution in [1.82, 2.24) is 20.0 Å². The molecule has 3 N–H and O–H groups in total. The summed E-state index contributed by atoms with van der Waals surface area (Å²) in [6.07, 6.45) is 2.87. The number of aliphatic hydroxyl groups is 2. The summed E-state index contributed by atoms with van der Waals surface area (Å²) in [5.41, 5.74) is -0.474. The lowest BCUT2D eigenvalue weighted by Crippen LogP contribution is -2.62. The second-order valence-electron chi connectivity index (χ2n) is 10.7. The van der Waals surface area contributed by atoms with Gasteiger partial charge in [0, 0.05) is 44.1 Å². The van der Waals surface area contributed by atoms with Crippen molar-refractivity contribution in [2.45, 2.75) is 57.1 Å². The van der Waals surface area contributed by atoms with Gasteiger partial charge in [0.05, 0.1) is 22.3 Å².